The molecule has 25 heavy (non-hydrogen) atoms. The summed E-state index contributed by atoms with van der Waals surface area (Å²) in [5.74, 6) is 1.64. The number of anilines is 1. The van der Waals surface area contributed by atoms with Crippen molar-refractivity contribution in [3.63, 3.8) is 0 Å². The average molecular weight is 335 g/mol. The van der Waals surface area contributed by atoms with Gasteiger partial charge < -0.3 is 14.8 Å². The summed E-state index contributed by atoms with van der Waals surface area (Å²) in [6.07, 6.45) is 3.14. The number of amides is 1. The van der Waals surface area contributed by atoms with Crippen LogP contribution < -0.4 is 14.8 Å². The van der Waals surface area contributed by atoms with Crippen molar-refractivity contribution in [3.05, 3.63) is 67.0 Å². The van der Waals surface area contributed by atoms with Crippen molar-refractivity contribution >= 4 is 11.6 Å². The van der Waals surface area contributed by atoms with E-state index in [1.54, 1.807) is 43.8 Å². The van der Waals surface area contributed by atoms with E-state index in [1.165, 1.54) is 0 Å². The van der Waals surface area contributed by atoms with Gasteiger partial charge in [0, 0.05) is 5.56 Å². The smallest absolute Gasteiger partial charge is 0.262 e. The summed E-state index contributed by atoms with van der Waals surface area (Å²) in [4.78, 5) is 20.5. The molecule has 0 atom stereocenters. The minimum atomic E-state index is -0.285. The second-order valence-electron chi connectivity index (χ2n) is 5.17. The van der Waals surface area contributed by atoms with E-state index in [9.17, 15) is 4.79 Å². The standard InChI is InChI=1S/C19H17N3O3/c1-24-16-7-9-17(10-8-16)25-13-18(23)22-15-11-20-19(21-12-15)14-5-3-2-4-6-14/h2-12H,13H2,1H3,(H,22,23). The second kappa shape index (κ2) is 7.92. The van der Waals surface area contributed by atoms with Gasteiger partial charge in [-0.3, -0.25) is 4.79 Å². The first-order valence-corrected chi connectivity index (χ1v) is 7.69. The Labute approximate surface area is 145 Å². The predicted octanol–water partition coefficient (Wildman–Crippen LogP) is 3.17. The maximum Gasteiger partial charge on any atom is 0.262 e. The van der Waals surface area contributed by atoms with Crippen molar-refractivity contribution in [3.8, 4) is 22.9 Å². The average Bonchev–Trinajstić information content (AvgIpc) is 2.68. The molecule has 0 spiro atoms. The highest BCUT2D eigenvalue weighted by Crippen LogP contribution is 2.17. The first-order valence-electron chi connectivity index (χ1n) is 7.69. The van der Waals surface area contributed by atoms with Gasteiger partial charge in [0.25, 0.3) is 5.91 Å². The lowest BCUT2D eigenvalue weighted by Crippen LogP contribution is -2.20. The number of rotatable bonds is 6. The van der Waals surface area contributed by atoms with Crippen LogP contribution in [0.2, 0.25) is 0 Å². The van der Waals surface area contributed by atoms with E-state index in [-0.39, 0.29) is 12.5 Å². The number of benzene rings is 2. The normalized spacial score (nSPS) is 10.1. The quantitative estimate of drug-likeness (QED) is 0.749. The van der Waals surface area contributed by atoms with Gasteiger partial charge in [-0.2, -0.15) is 0 Å². The van der Waals surface area contributed by atoms with Gasteiger partial charge in [0.05, 0.1) is 25.2 Å². The molecule has 3 rings (SSSR count). The molecule has 0 unspecified atom stereocenters. The molecule has 0 aliphatic rings. The molecule has 3 aromatic rings. The molecule has 0 aliphatic carbocycles. The molecule has 6 heteroatoms. The van der Waals surface area contributed by atoms with Crippen LogP contribution >= 0.6 is 0 Å². The lowest BCUT2D eigenvalue weighted by molar-refractivity contribution is -0.118. The number of nitrogens with one attached hydrogen (secondary N) is 1. The number of nitrogens with zero attached hydrogens (tertiary/aromatic N) is 2. The van der Waals surface area contributed by atoms with Gasteiger partial charge in [-0.05, 0) is 24.3 Å². The van der Waals surface area contributed by atoms with Crippen LogP contribution in [0.15, 0.2) is 67.0 Å². The fourth-order valence-electron chi connectivity index (χ4n) is 2.15. The number of hydrogen-bond acceptors (Lipinski definition) is 5. The Morgan fingerprint density at radius 3 is 2.24 bits per heavy atom. The number of carbonyl (C=O) groups is 1. The highest BCUT2D eigenvalue weighted by Gasteiger charge is 2.06. The molecule has 1 heterocycles. The van der Waals surface area contributed by atoms with E-state index in [1.807, 2.05) is 30.3 Å². The van der Waals surface area contributed by atoms with Gasteiger partial charge in [0.15, 0.2) is 12.4 Å². The van der Waals surface area contributed by atoms with Crippen LogP contribution in [0.1, 0.15) is 0 Å². The zero-order valence-corrected chi connectivity index (χ0v) is 13.7. The van der Waals surface area contributed by atoms with Gasteiger partial charge in [-0.1, -0.05) is 30.3 Å². The molecular formula is C19H17N3O3. The number of carbonyl (C=O) groups excluding carboxylic acids is 1. The summed E-state index contributed by atoms with van der Waals surface area (Å²) in [6.45, 7) is -0.104. The van der Waals surface area contributed by atoms with Crippen molar-refractivity contribution < 1.29 is 14.3 Å². The molecule has 1 N–H and O–H groups in total. The van der Waals surface area contributed by atoms with E-state index in [0.717, 1.165) is 11.3 Å². The molecule has 0 radical (unpaired) electrons. The van der Waals surface area contributed by atoms with Crippen molar-refractivity contribution in [2.45, 2.75) is 0 Å². The third-order valence-electron chi connectivity index (χ3n) is 3.40. The molecule has 2 aromatic carbocycles. The number of hydrogen-bond donors (Lipinski definition) is 1. The summed E-state index contributed by atoms with van der Waals surface area (Å²) in [7, 11) is 1.59. The number of methoxy groups -OCH3 is 1. The minimum absolute atomic E-state index is 0.104. The molecule has 0 fully saturated rings. The lowest BCUT2D eigenvalue weighted by Gasteiger charge is -2.08. The number of ether oxygens (including phenoxy) is 2. The van der Waals surface area contributed by atoms with E-state index in [4.69, 9.17) is 9.47 Å². The van der Waals surface area contributed by atoms with E-state index < -0.39 is 0 Å². The first kappa shape index (κ1) is 16.4. The Hall–Kier alpha value is -3.41. The zero-order chi connectivity index (χ0) is 17.5. The van der Waals surface area contributed by atoms with Crippen molar-refractivity contribution in [1.29, 1.82) is 0 Å². The van der Waals surface area contributed by atoms with Crippen molar-refractivity contribution in [1.82, 2.24) is 9.97 Å². The van der Waals surface area contributed by atoms with Crippen molar-refractivity contribution in [2.24, 2.45) is 0 Å². The molecule has 0 bridgehead atoms. The predicted molar refractivity (Wildman–Crippen MR) is 94.6 cm³/mol. The Morgan fingerprint density at radius 1 is 0.960 bits per heavy atom. The zero-order valence-electron chi connectivity index (χ0n) is 13.7. The van der Waals surface area contributed by atoms with E-state index in [2.05, 4.69) is 15.3 Å². The van der Waals surface area contributed by atoms with Crippen LogP contribution in [-0.4, -0.2) is 29.6 Å². The molecule has 6 nitrogen and oxygen atoms in total. The van der Waals surface area contributed by atoms with Gasteiger partial charge >= 0.3 is 0 Å². The van der Waals surface area contributed by atoms with Crippen LogP contribution in [0.3, 0.4) is 0 Å². The monoisotopic (exact) mass is 335 g/mol. The Bertz CT molecular complexity index is 819. The van der Waals surface area contributed by atoms with Crippen LogP contribution in [0.5, 0.6) is 11.5 Å². The summed E-state index contributed by atoms with van der Waals surface area (Å²) < 4.78 is 10.5. The van der Waals surface area contributed by atoms with Gasteiger partial charge in [0.2, 0.25) is 0 Å². The van der Waals surface area contributed by atoms with E-state index in [0.29, 0.717) is 17.3 Å². The highest BCUT2D eigenvalue weighted by molar-refractivity contribution is 5.91. The summed E-state index contributed by atoms with van der Waals surface area (Å²) in [5.41, 5.74) is 1.44. The summed E-state index contributed by atoms with van der Waals surface area (Å²) >= 11 is 0. The lowest BCUT2D eigenvalue weighted by atomic mass is 10.2. The molecule has 0 saturated heterocycles. The molecule has 1 amide bonds. The molecular weight excluding hydrogens is 318 g/mol. The van der Waals surface area contributed by atoms with Gasteiger partial charge in [-0.15, -0.1) is 0 Å². The fourth-order valence-corrected chi connectivity index (χ4v) is 2.15. The SMILES string of the molecule is COc1ccc(OCC(=O)Nc2cnc(-c3ccccc3)nc2)cc1. The van der Waals surface area contributed by atoms with E-state index >= 15 is 0 Å². The van der Waals surface area contributed by atoms with Crippen LogP contribution in [-0.2, 0) is 4.79 Å². The van der Waals surface area contributed by atoms with Crippen LogP contribution in [0.4, 0.5) is 5.69 Å². The molecule has 126 valence electrons. The van der Waals surface area contributed by atoms with Gasteiger partial charge in [-0.25, -0.2) is 9.97 Å². The third kappa shape index (κ3) is 4.54. The van der Waals surface area contributed by atoms with Crippen LogP contribution in [0, 0.1) is 0 Å². The Kier molecular flexibility index (Phi) is 5.21. The minimum Gasteiger partial charge on any atom is -0.497 e. The third-order valence-corrected chi connectivity index (χ3v) is 3.40. The summed E-state index contributed by atoms with van der Waals surface area (Å²) in [6, 6.07) is 16.6. The molecule has 1 aromatic heterocycles. The maximum absolute atomic E-state index is 11.9. The molecule has 0 saturated carbocycles. The fraction of sp³-hybridized carbons (Fsp3) is 0.105. The Balaban J connectivity index is 1.54. The summed E-state index contributed by atoms with van der Waals surface area (Å²) in [5, 5.41) is 2.70. The number of aromatic nitrogens is 2. The first-order chi connectivity index (χ1) is 12.2. The maximum atomic E-state index is 11.9. The Morgan fingerprint density at radius 2 is 1.60 bits per heavy atom. The largest absolute Gasteiger partial charge is 0.497 e. The topological polar surface area (TPSA) is 73.3 Å². The highest BCUT2D eigenvalue weighted by atomic mass is 16.5. The molecule has 0 aliphatic heterocycles. The second-order valence-corrected chi connectivity index (χ2v) is 5.17. The van der Waals surface area contributed by atoms with Crippen LogP contribution in [0.25, 0.3) is 11.4 Å². The van der Waals surface area contributed by atoms with Gasteiger partial charge in [0.1, 0.15) is 11.5 Å². The van der Waals surface area contributed by atoms with Crippen molar-refractivity contribution in [2.75, 3.05) is 19.0 Å².